The molecular weight excluding hydrogens is 330 g/mol. The van der Waals surface area contributed by atoms with Gasteiger partial charge in [0.15, 0.2) is 0 Å². The van der Waals surface area contributed by atoms with E-state index in [1.165, 1.54) is 7.11 Å². The van der Waals surface area contributed by atoms with E-state index in [2.05, 4.69) is 21.8 Å². The molecule has 0 bridgehead atoms. The highest BCUT2D eigenvalue weighted by molar-refractivity contribution is 7.98. The minimum atomic E-state index is -0.677. The lowest BCUT2D eigenvalue weighted by atomic mass is 10.2. The van der Waals surface area contributed by atoms with Gasteiger partial charge in [0.2, 0.25) is 0 Å². The first-order valence-electron chi connectivity index (χ1n) is 7.64. The number of urea groups is 1. The van der Waals surface area contributed by atoms with Crippen LogP contribution in [-0.4, -0.2) is 46.9 Å². The van der Waals surface area contributed by atoms with Gasteiger partial charge in [-0.2, -0.15) is 22.1 Å². The Bertz CT molecular complexity index is 570. The van der Waals surface area contributed by atoms with Gasteiger partial charge < -0.3 is 15.4 Å². The highest BCUT2D eigenvalue weighted by atomic mass is 32.2. The summed E-state index contributed by atoms with van der Waals surface area (Å²) < 4.78 is 6.41. The van der Waals surface area contributed by atoms with Crippen molar-refractivity contribution >= 4 is 29.4 Å². The number of aromatic nitrogens is 2. The molecule has 0 aliphatic heterocycles. The third-order valence-electron chi connectivity index (χ3n) is 3.22. The summed E-state index contributed by atoms with van der Waals surface area (Å²) in [6.45, 7) is 0.684. The first-order valence-corrected chi connectivity index (χ1v) is 9.03. The van der Waals surface area contributed by atoms with Crippen molar-refractivity contribution in [2.24, 2.45) is 0 Å². The van der Waals surface area contributed by atoms with Gasteiger partial charge in [0.05, 0.1) is 25.1 Å². The Morgan fingerprint density at radius 2 is 2.29 bits per heavy atom. The molecule has 0 unspecified atom stereocenters. The number of unbranched alkanes of at least 4 members (excludes halogenated alkanes) is 2. The van der Waals surface area contributed by atoms with Gasteiger partial charge in [0.25, 0.3) is 0 Å². The average molecular weight is 353 g/mol. The van der Waals surface area contributed by atoms with Crippen LogP contribution in [0.3, 0.4) is 0 Å². The van der Waals surface area contributed by atoms with Crippen molar-refractivity contribution in [1.29, 1.82) is 5.26 Å². The van der Waals surface area contributed by atoms with Crippen LogP contribution in [-0.2, 0) is 16.1 Å². The molecule has 1 rings (SSSR count). The van der Waals surface area contributed by atoms with Gasteiger partial charge in [-0.05, 0) is 31.3 Å². The largest absolute Gasteiger partial charge is 0.467 e. The zero-order valence-corrected chi connectivity index (χ0v) is 14.8. The fourth-order valence-electron chi connectivity index (χ4n) is 1.98. The molecule has 0 aliphatic rings. The van der Waals surface area contributed by atoms with Crippen LogP contribution in [0, 0.1) is 11.3 Å². The standard InChI is InChI=1S/C15H23N5O3S/c1-23-14(21)13(6-9-24-2)19-15(22)18-12-10-17-20(11-12)8-5-3-4-7-16/h10-11,13H,3-6,8-9H2,1-2H3,(H2,18,19,22)/t13-/m0/s1. The molecule has 0 fully saturated rings. The Morgan fingerprint density at radius 1 is 1.50 bits per heavy atom. The normalized spacial score (nSPS) is 11.4. The lowest BCUT2D eigenvalue weighted by Gasteiger charge is -2.16. The molecule has 0 saturated heterocycles. The number of rotatable bonds is 10. The summed E-state index contributed by atoms with van der Waals surface area (Å²) in [6, 6.07) is 0.944. The molecule has 24 heavy (non-hydrogen) atoms. The number of anilines is 1. The number of hydrogen-bond donors (Lipinski definition) is 2. The Kier molecular flexibility index (Phi) is 9.38. The Hall–Kier alpha value is -2.21. The topological polar surface area (TPSA) is 109 Å². The van der Waals surface area contributed by atoms with Crippen LogP contribution < -0.4 is 10.6 Å². The number of hydrogen-bond acceptors (Lipinski definition) is 6. The van der Waals surface area contributed by atoms with E-state index in [-0.39, 0.29) is 0 Å². The summed E-state index contributed by atoms with van der Waals surface area (Å²) in [7, 11) is 1.30. The fourth-order valence-corrected chi connectivity index (χ4v) is 2.45. The number of aryl methyl sites for hydroxylation is 1. The van der Waals surface area contributed by atoms with E-state index in [4.69, 9.17) is 10.00 Å². The van der Waals surface area contributed by atoms with Gasteiger partial charge in [-0.1, -0.05) is 0 Å². The van der Waals surface area contributed by atoms with Crippen LogP contribution in [0.2, 0.25) is 0 Å². The SMILES string of the molecule is COC(=O)[C@H](CCSC)NC(=O)Nc1cnn(CCCCC#N)c1. The maximum absolute atomic E-state index is 12.0. The number of carbonyl (C=O) groups excluding carboxylic acids is 2. The van der Waals surface area contributed by atoms with Crippen LogP contribution in [0.1, 0.15) is 25.7 Å². The number of amides is 2. The van der Waals surface area contributed by atoms with Crippen LogP contribution >= 0.6 is 11.8 Å². The van der Waals surface area contributed by atoms with E-state index in [9.17, 15) is 9.59 Å². The molecule has 132 valence electrons. The summed E-state index contributed by atoms with van der Waals surface area (Å²) in [4.78, 5) is 23.7. The third kappa shape index (κ3) is 7.37. The molecule has 0 saturated carbocycles. The molecule has 0 spiro atoms. The molecule has 1 heterocycles. The molecule has 0 radical (unpaired) electrons. The van der Waals surface area contributed by atoms with Gasteiger partial charge in [0.1, 0.15) is 6.04 Å². The number of nitrogens with one attached hydrogen (secondary N) is 2. The predicted octanol–water partition coefficient (Wildman–Crippen LogP) is 1.99. The van der Waals surface area contributed by atoms with Gasteiger partial charge in [-0.25, -0.2) is 9.59 Å². The van der Waals surface area contributed by atoms with Gasteiger partial charge >= 0.3 is 12.0 Å². The summed E-state index contributed by atoms with van der Waals surface area (Å²) in [5.41, 5.74) is 0.543. The molecule has 1 aromatic rings. The van der Waals surface area contributed by atoms with E-state index in [0.717, 1.165) is 18.6 Å². The molecular formula is C15H23N5O3S. The van der Waals surface area contributed by atoms with E-state index in [0.29, 0.717) is 25.1 Å². The van der Waals surface area contributed by atoms with Crippen LogP contribution in [0.25, 0.3) is 0 Å². The zero-order valence-electron chi connectivity index (χ0n) is 13.9. The molecule has 0 aromatic carbocycles. The quantitative estimate of drug-likeness (QED) is 0.492. The van der Waals surface area contributed by atoms with Crippen LogP contribution in [0.15, 0.2) is 12.4 Å². The zero-order chi connectivity index (χ0) is 17.8. The van der Waals surface area contributed by atoms with Gasteiger partial charge in [-0.15, -0.1) is 0 Å². The van der Waals surface area contributed by atoms with Crippen molar-refractivity contribution < 1.29 is 14.3 Å². The second kappa shape index (κ2) is 11.3. The van der Waals surface area contributed by atoms with Crippen molar-refractivity contribution in [3.63, 3.8) is 0 Å². The van der Waals surface area contributed by atoms with Gasteiger partial charge in [0, 0.05) is 19.2 Å². The Balaban J connectivity index is 2.47. The predicted molar refractivity (Wildman–Crippen MR) is 92.6 cm³/mol. The second-order valence-corrected chi connectivity index (χ2v) is 6.05. The minimum absolute atomic E-state index is 0.465. The van der Waals surface area contributed by atoms with Crippen molar-refractivity contribution in [3.05, 3.63) is 12.4 Å². The van der Waals surface area contributed by atoms with E-state index in [1.807, 2.05) is 6.26 Å². The second-order valence-electron chi connectivity index (χ2n) is 5.06. The monoisotopic (exact) mass is 353 g/mol. The smallest absolute Gasteiger partial charge is 0.328 e. The minimum Gasteiger partial charge on any atom is -0.467 e. The number of thioether (sulfide) groups is 1. The highest BCUT2D eigenvalue weighted by Crippen LogP contribution is 2.08. The first-order chi connectivity index (χ1) is 11.6. The van der Waals surface area contributed by atoms with Crippen molar-refractivity contribution in [2.75, 3.05) is 24.4 Å². The molecule has 9 heteroatoms. The maximum atomic E-state index is 12.0. The molecule has 1 aromatic heterocycles. The molecule has 1 atom stereocenters. The summed E-state index contributed by atoms with van der Waals surface area (Å²) in [5, 5.41) is 17.9. The first kappa shape index (κ1) is 19.8. The molecule has 8 nitrogen and oxygen atoms in total. The highest BCUT2D eigenvalue weighted by Gasteiger charge is 2.21. The third-order valence-corrected chi connectivity index (χ3v) is 3.86. The Morgan fingerprint density at radius 3 is 2.96 bits per heavy atom. The fraction of sp³-hybridized carbons (Fsp3) is 0.600. The lowest BCUT2D eigenvalue weighted by Crippen LogP contribution is -2.43. The van der Waals surface area contributed by atoms with Crippen LogP contribution in [0.5, 0.6) is 0 Å². The van der Waals surface area contributed by atoms with Crippen molar-refractivity contribution in [1.82, 2.24) is 15.1 Å². The maximum Gasteiger partial charge on any atom is 0.328 e. The van der Waals surface area contributed by atoms with E-state index < -0.39 is 18.0 Å². The molecule has 0 aliphatic carbocycles. The number of nitriles is 1. The van der Waals surface area contributed by atoms with Crippen molar-refractivity contribution in [2.45, 2.75) is 38.3 Å². The van der Waals surface area contributed by atoms with Crippen molar-refractivity contribution in [3.8, 4) is 6.07 Å². The Labute approximate surface area is 145 Å². The van der Waals surface area contributed by atoms with E-state index in [1.54, 1.807) is 28.8 Å². The summed E-state index contributed by atoms with van der Waals surface area (Å²) in [6.07, 6.45) is 7.87. The number of nitrogens with zero attached hydrogens (tertiary/aromatic N) is 3. The lowest BCUT2D eigenvalue weighted by molar-refractivity contribution is -0.142. The van der Waals surface area contributed by atoms with E-state index >= 15 is 0 Å². The van der Waals surface area contributed by atoms with Crippen LogP contribution in [0.4, 0.5) is 10.5 Å². The number of ether oxygens (including phenoxy) is 1. The summed E-state index contributed by atoms with van der Waals surface area (Å²) >= 11 is 1.59. The average Bonchev–Trinajstić information content (AvgIpc) is 3.01. The number of methoxy groups -OCH3 is 1. The molecule has 2 N–H and O–H groups in total. The molecule has 2 amide bonds. The number of carbonyl (C=O) groups is 2. The number of esters is 1. The summed E-state index contributed by atoms with van der Waals surface area (Å²) in [5.74, 6) is 0.271. The van der Waals surface area contributed by atoms with Gasteiger partial charge in [-0.3, -0.25) is 4.68 Å².